The van der Waals surface area contributed by atoms with Gasteiger partial charge in [0.15, 0.2) is 0 Å². The molecule has 0 N–H and O–H groups in total. The van der Waals surface area contributed by atoms with Gasteiger partial charge in [-0.15, -0.1) is 0 Å². The quantitative estimate of drug-likeness (QED) is 0.425. The average Bonchev–Trinajstić information content (AvgIpc) is 2.33. The van der Waals surface area contributed by atoms with Crippen molar-refractivity contribution >= 4 is 12.0 Å². The topological polar surface area (TPSA) is 26.3 Å². The van der Waals surface area contributed by atoms with E-state index in [1.54, 1.807) is 6.08 Å². The fourth-order valence-corrected chi connectivity index (χ4v) is 1.44. The van der Waals surface area contributed by atoms with E-state index in [0.717, 1.165) is 18.4 Å². The predicted octanol–water partition coefficient (Wildman–Crippen LogP) is 3.68. The SMILES string of the molecule is CC(C)CCCOC(=O)/C=C/c1ccccc1. The second-order valence-electron chi connectivity index (χ2n) is 4.45. The molecule has 0 fully saturated rings. The van der Waals surface area contributed by atoms with Crippen LogP contribution in [0, 0.1) is 5.92 Å². The molecule has 17 heavy (non-hydrogen) atoms. The maximum atomic E-state index is 11.4. The van der Waals surface area contributed by atoms with Gasteiger partial charge in [0.1, 0.15) is 0 Å². The van der Waals surface area contributed by atoms with Crippen molar-refractivity contribution in [1.82, 2.24) is 0 Å². The molecule has 0 aliphatic heterocycles. The normalized spacial score (nSPS) is 11.0. The summed E-state index contributed by atoms with van der Waals surface area (Å²) in [5, 5.41) is 0. The van der Waals surface area contributed by atoms with Gasteiger partial charge in [-0.1, -0.05) is 44.2 Å². The van der Waals surface area contributed by atoms with E-state index >= 15 is 0 Å². The zero-order chi connectivity index (χ0) is 12.5. The molecular weight excluding hydrogens is 212 g/mol. The molecule has 0 heterocycles. The zero-order valence-electron chi connectivity index (χ0n) is 10.6. The smallest absolute Gasteiger partial charge is 0.330 e. The van der Waals surface area contributed by atoms with Crippen LogP contribution in [0.2, 0.25) is 0 Å². The van der Waals surface area contributed by atoms with Gasteiger partial charge in [0.2, 0.25) is 0 Å². The number of carbonyl (C=O) groups excluding carboxylic acids is 1. The predicted molar refractivity (Wildman–Crippen MR) is 70.5 cm³/mol. The van der Waals surface area contributed by atoms with Crippen LogP contribution >= 0.6 is 0 Å². The molecule has 2 heteroatoms. The molecule has 0 saturated carbocycles. The van der Waals surface area contributed by atoms with Gasteiger partial charge in [-0.2, -0.15) is 0 Å². The molecule has 0 radical (unpaired) electrons. The average molecular weight is 232 g/mol. The van der Waals surface area contributed by atoms with Crippen LogP contribution in [-0.2, 0) is 9.53 Å². The fraction of sp³-hybridized carbons (Fsp3) is 0.400. The Labute approximate surface area is 103 Å². The molecular formula is C15H20O2. The molecule has 1 aromatic carbocycles. The Hall–Kier alpha value is -1.57. The lowest BCUT2D eigenvalue weighted by atomic mass is 10.1. The van der Waals surface area contributed by atoms with Gasteiger partial charge in [0, 0.05) is 6.08 Å². The molecule has 0 aliphatic carbocycles. The number of carbonyl (C=O) groups is 1. The monoisotopic (exact) mass is 232 g/mol. The Morgan fingerprint density at radius 3 is 2.65 bits per heavy atom. The third-order valence-corrected chi connectivity index (χ3v) is 2.38. The standard InChI is InChI=1S/C15H20O2/c1-13(2)7-6-12-17-15(16)11-10-14-8-4-3-5-9-14/h3-5,8-11,13H,6-7,12H2,1-2H3/b11-10+. The van der Waals surface area contributed by atoms with Gasteiger partial charge in [-0.05, 0) is 30.4 Å². The van der Waals surface area contributed by atoms with Crippen LogP contribution in [0.4, 0.5) is 0 Å². The number of hydrogen-bond acceptors (Lipinski definition) is 2. The number of rotatable bonds is 6. The second kappa shape index (κ2) is 7.66. The minimum atomic E-state index is -0.266. The Morgan fingerprint density at radius 2 is 2.00 bits per heavy atom. The van der Waals surface area contributed by atoms with Gasteiger partial charge in [-0.3, -0.25) is 0 Å². The maximum Gasteiger partial charge on any atom is 0.330 e. The molecule has 92 valence electrons. The van der Waals surface area contributed by atoms with Crippen LogP contribution < -0.4 is 0 Å². The minimum absolute atomic E-state index is 0.266. The number of benzene rings is 1. The molecule has 0 bridgehead atoms. The number of hydrogen-bond donors (Lipinski definition) is 0. The van der Waals surface area contributed by atoms with E-state index < -0.39 is 0 Å². The van der Waals surface area contributed by atoms with Gasteiger partial charge in [-0.25, -0.2) is 4.79 Å². The summed E-state index contributed by atoms with van der Waals surface area (Å²) in [6.45, 7) is 4.84. The van der Waals surface area contributed by atoms with E-state index in [2.05, 4.69) is 13.8 Å². The van der Waals surface area contributed by atoms with E-state index in [1.807, 2.05) is 30.3 Å². The summed E-state index contributed by atoms with van der Waals surface area (Å²) in [6, 6.07) is 9.72. The van der Waals surface area contributed by atoms with E-state index in [4.69, 9.17) is 4.74 Å². The van der Waals surface area contributed by atoms with Gasteiger partial charge in [0.25, 0.3) is 0 Å². The van der Waals surface area contributed by atoms with Gasteiger partial charge >= 0.3 is 5.97 Å². The summed E-state index contributed by atoms with van der Waals surface area (Å²) >= 11 is 0. The van der Waals surface area contributed by atoms with Gasteiger partial charge < -0.3 is 4.74 Å². The van der Waals surface area contributed by atoms with Crippen molar-refractivity contribution in [3.8, 4) is 0 Å². The summed E-state index contributed by atoms with van der Waals surface area (Å²) in [5.74, 6) is 0.395. The van der Waals surface area contributed by atoms with Crippen molar-refractivity contribution in [2.75, 3.05) is 6.61 Å². The molecule has 1 rings (SSSR count). The lowest BCUT2D eigenvalue weighted by molar-refractivity contribution is -0.137. The molecule has 0 atom stereocenters. The van der Waals surface area contributed by atoms with Crippen molar-refractivity contribution in [2.24, 2.45) is 5.92 Å². The summed E-state index contributed by atoms with van der Waals surface area (Å²) in [7, 11) is 0. The Kier molecular flexibility index (Phi) is 6.08. The minimum Gasteiger partial charge on any atom is -0.463 e. The summed E-state index contributed by atoms with van der Waals surface area (Å²) in [6.07, 6.45) is 5.27. The fourth-order valence-electron chi connectivity index (χ4n) is 1.44. The Balaban J connectivity index is 2.23. The van der Waals surface area contributed by atoms with Crippen molar-refractivity contribution in [3.05, 3.63) is 42.0 Å². The summed E-state index contributed by atoms with van der Waals surface area (Å²) < 4.78 is 5.09. The lowest BCUT2D eigenvalue weighted by Crippen LogP contribution is -2.03. The lowest BCUT2D eigenvalue weighted by Gasteiger charge is -2.04. The highest BCUT2D eigenvalue weighted by atomic mass is 16.5. The van der Waals surface area contributed by atoms with Crippen molar-refractivity contribution in [2.45, 2.75) is 26.7 Å². The first kappa shape index (κ1) is 13.5. The first-order valence-electron chi connectivity index (χ1n) is 6.08. The molecule has 1 aromatic rings. The second-order valence-corrected chi connectivity index (χ2v) is 4.45. The van der Waals surface area contributed by atoms with Crippen LogP contribution in [0.25, 0.3) is 6.08 Å². The van der Waals surface area contributed by atoms with Gasteiger partial charge in [0.05, 0.1) is 6.61 Å². The van der Waals surface area contributed by atoms with E-state index in [1.165, 1.54) is 6.08 Å². The summed E-state index contributed by atoms with van der Waals surface area (Å²) in [4.78, 5) is 11.4. The Morgan fingerprint density at radius 1 is 1.29 bits per heavy atom. The van der Waals surface area contributed by atoms with Crippen molar-refractivity contribution in [3.63, 3.8) is 0 Å². The molecule has 0 aromatic heterocycles. The molecule has 0 saturated heterocycles. The highest BCUT2D eigenvalue weighted by Gasteiger charge is 1.98. The van der Waals surface area contributed by atoms with Crippen LogP contribution in [-0.4, -0.2) is 12.6 Å². The number of ether oxygens (including phenoxy) is 1. The van der Waals surface area contributed by atoms with Crippen molar-refractivity contribution < 1.29 is 9.53 Å². The zero-order valence-corrected chi connectivity index (χ0v) is 10.6. The Bertz CT molecular complexity index is 352. The van der Waals surface area contributed by atoms with Crippen molar-refractivity contribution in [1.29, 1.82) is 0 Å². The third kappa shape index (κ3) is 6.56. The van der Waals surface area contributed by atoms with Crippen LogP contribution in [0.5, 0.6) is 0 Å². The van der Waals surface area contributed by atoms with Crippen LogP contribution in [0.1, 0.15) is 32.3 Å². The first-order valence-corrected chi connectivity index (χ1v) is 6.08. The first-order chi connectivity index (χ1) is 8.18. The van der Waals surface area contributed by atoms with E-state index in [9.17, 15) is 4.79 Å². The van der Waals surface area contributed by atoms with E-state index in [0.29, 0.717) is 12.5 Å². The van der Waals surface area contributed by atoms with Crippen LogP contribution in [0.3, 0.4) is 0 Å². The van der Waals surface area contributed by atoms with Crippen LogP contribution in [0.15, 0.2) is 36.4 Å². The molecule has 2 nitrogen and oxygen atoms in total. The maximum absolute atomic E-state index is 11.4. The highest BCUT2D eigenvalue weighted by Crippen LogP contribution is 2.04. The third-order valence-electron chi connectivity index (χ3n) is 2.38. The van der Waals surface area contributed by atoms with E-state index in [-0.39, 0.29) is 5.97 Å². The molecule has 0 spiro atoms. The molecule has 0 amide bonds. The highest BCUT2D eigenvalue weighted by molar-refractivity contribution is 5.86. The number of esters is 1. The molecule has 0 aliphatic rings. The molecule has 0 unspecified atom stereocenters. The largest absolute Gasteiger partial charge is 0.463 e. The summed E-state index contributed by atoms with van der Waals surface area (Å²) in [5.41, 5.74) is 1.01.